The molecule has 2 aliphatic carbocycles. The Morgan fingerprint density at radius 2 is 1.67 bits per heavy atom. The van der Waals surface area contributed by atoms with Crippen LogP contribution in [0.4, 0.5) is 0 Å². The Bertz CT molecular complexity index is 353. The van der Waals surface area contributed by atoms with Crippen molar-refractivity contribution in [2.24, 2.45) is 11.8 Å². The van der Waals surface area contributed by atoms with Gasteiger partial charge in [0.15, 0.2) is 0 Å². The molecule has 0 aromatic rings. The van der Waals surface area contributed by atoms with Crippen LogP contribution in [0.2, 0.25) is 0 Å². The molecule has 0 spiro atoms. The van der Waals surface area contributed by atoms with Crippen molar-refractivity contribution in [2.75, 3.05) is 0 Å². The van der Waals surface area contributed by atoms with E-state index in [1.54, 1.807) is 0 Å². The van der Waals surface area contributed by atoms with Crippen LogP contribution in [-0.2, 0) is 9.53 Å². The lowest BCUT2D eigenvalue weighted by Crippen LogP contribution is -2.54. The third kappa shape index (κ3) is 3.50. The molecule has 3 nitrogen and oxygen atoms in total. The van der Waals surface area contributed by atoms with Crippen LogP contribution < -0.4 is 0 Å². The second-order valence-electron chi connectivity index (χ2n) is 6.99. The van der Waals surface area contributed by atoms with E-state index in [1.165, 1.54) is 25.7 Å². The zero-order valence-corrected chi connectivity index (χ0v) is 13.4. The number of carbonyl (C=O) groups excluding carboxylic acids is 1. The van der Waals surface area contributed by atoms with Gasteiger partial charge < -0.3 is 9.84 Å². The number of hydrogen-bond donors (Lipinski definition) is 1. The highest BCUT2D eigenvalue weighted by Gasteiger charge is 2.49. The first-order chi connectivity index (χ1) is 10.1. The third-order valence-electron chi connectivity index (χ3n) is 5.63. The predicted molar refractivity (Wildman–Crippen MR) is 83.9 cm³/mol. The molecule has 2 atom stereocenters. The molecule has 0 bridgehead atoms. The summed E-state index contributed by atoms with van der Waals surface area (Å²) in [6.45, 7) is 6.47. The molecule has 2 rings (SSSR count). The quantitative estimate of drug-likeness (QED) is 0.595. The average molecular weight is 294 g/mol. The summed E-state index contributed by atoms with van der Waals surface area (Å²) in [7, 11) is 0. The fourth-order valence-electron chi connectivity index (χ4n) is 4.44. The zero-order chi connectivity index (χ0) is 15.3. The van der Waals surface area contributed by atoms with E-state index in [9.17, 15) is 9.90 Å². The van der Waals surface area contributed by atoms with Gasteiger partial charge in [0.1, 0.15) is 11.7 Å². The molecule has 120 valence electrons. The van der Waals surface area contributed by atoms with Crippen molar-refractivity contribution in [3.63, 3.8) is 0 Å². The first kappa shape index (κ1) is 16.5. The fraction of sp³-hybridized carbons (Fsp3) is 0.833. The average Bonchev–Trinajstić information content (AvgIpc) is 2.53. The van der Waals surface area contributed by atoms with Gasteiger partial charge in [-0.15, -0.1) is 0 Å². The largest absolute Gasteiger partial charge is 0.461 e. The van der Waals surface area contributed by atoms with E-state index < -0.39 is 11.7 Å². The number of carbonyl (C=O) groups is 1. The topological polar surface area (TPSA) is 46.5 Å². The van der Waals surface area contributed by atoms with Crippen molar-refractivity contribution >= 4 is 6.47 Å². The Balaban J connectivity index is 2.25. The summed E-state index contributed by atoms with van der Waals surface area (Å²) in [5.74, 6) is 0.447. The Labute approximate surface area is 128 Å². The number of ether oxygens (including phenoxy) is 1. The lowest BCUT2D eigenvalue weighted by molar-refractivity contribution is -0.165. The normalized spacial score (nSPS) is 25.8. The lowest BCUT2D eigenvalue weighted by atomic mass is 9.66. The molecule has 1 N–H and O–H groups in total. The summed E-state index contributed by atoms with van der Waals surface area (Å²) in [6.07, 6.45) is 10.8. The van der Waals surface area contributed by atoms with Gasteiger partial charge in [0.2, 0.25) is 0 Å². The van der Waals surface area contributed by atoms with Gasteiger partial charge in [0.05, 0.1) is 0 Å². The second kappa shape index (κ2) is 7.44. The first-order valence-electron chi connectivity index (χ1n) is 8.58. The molecule has 21 heavy (non-hydrogen) atoms. The molecule has 0 aliphatic heterocycles. The summed E-state index contributed by atoms with van der Waals surface area (Å²) in [6, 6.07) is 0. The van der Waals surface area contributed by atoms with Crippen molar-refractivity contribution in [1.29, 1.82) is 0 Å². The maximum absolute atomic E-state index is 11.5. The van der Waals surface area contributed by atoms with E-state index >= 15 is 0 Å². The second-order valence-corrected chi connectivity index (χ2v) is 6.99. The van der Waals surface area contributed by atoms with Crippen LogP contribution in [0.1, 0.15) is 71.1 Å². The lowest BCUT2D eigenvalue weighted by Gasteiger charge is -2.46. The smallest absolute Gasteiger partial charge is 0.293 e. The van der Waals surface area contributed by atoms with Crippen LogP contribution in [0.25, 0.3) is 0 Å². The Morgan fingerprint density at radius 1 is 1.14 bits per heavy atom. The van der Waals surface area contributed by atoms with Gasteiger partial charge in [-0.05, 0) is 50.0 Å². The minimum Gasteiger partial charge on any atom is -0.461 e. The molecule has 0 aromatic carbocycles. The molecule has 0 heterocycles. The molecule has 3 heteroatoms. The minimum absolute atomic E-state index is 0.177. The van der Waals surface area contributed by atoms with Crippen LogP contribution in [0.3, 0.4) is 0 Å². The van der Waals surface area contributed by atoms with E-state index in [-0.39, 0.29) is 11.8 Å². The highest BCUT2D eigenvalue weighted by Crippen LogP contribution is 2.44. The van der Waals surface area contributed by atoms with Crippen molar-refractivity contribution in [3.8, 4) is 0 Å². The molecule has 0 aromatic heterocycles. The van der Waals surface area contributed by atoms with Crippen LogP contribution >= 0.6 is 0 Å². The molecular formula is C18H30O3. The van der Waals surface area contributed by atoms with Gasteiger partial charge in [-0.2, -0.15) is 0 Å². The standard InChI is InChI=1S/C18H30O3/c1-14(2)18(20,16-11-7-4-8-12-16)17(21-13-19)15-9-5-3-6-10-15/h13,15-17,20H,1,3-12H2,2H3. The van der Waals surface area contributed by atoms with Gasteiger partial charge in [-0.3, -0.25) is 4.79 Å². The van der Waals surface area contributed by atoms with E-state index in [4.69, 9.17) is 4.74 Å². The van der Waals surface area contributed by atoms with E-state index in [0.29, 0.717) is 6.47 Å². The van der Waals surface area contributed by atoms with Crippen LogP contribution in [0, 0.1) is 11.8 Å². The molecular weight excluding hydrogens is 264 g/mol. The van der Waals surface area contributed by atoms with Crippen LogP contribution in [-0.4, -0.2) is 23.3 Å². The molecule has 0 saturated heterocycles. The van der Waals surface area contributed by atoms with Crippen LogP contribution in [0.15, 0.2) is 12.2 Å². The molecule has 2 fully saturated rings. The molecule has 0 radical (unpaired) electrons. The Kier molecular flexibility index (Phi) is 5.86. The summed E-state index contributed by atoms with van der Waals surface area (Å²) < 4.78 is 5.47. The molecule has 0 amide bonds. The predicted octanol–water partition coefficient (Wildman–Crippen LogP) is 4.00. The highest BCUT2D eigenvalue weighted by molar-refractivity contribution is 5.39. The van der Waals surface area contributed by atoms with Gasteiger partial charge in [-0.1, -0.05) is 45.1 Å². The molecule has 2 aliphatic rings. The summed E-state index contributed by atoms with van der Waals surface area (Å²) in [5, 5.41) is 11.5. The van der Waals surface area contributed by atoms with Crippen molar-refractivity contribution < 1.29 is 14.6 Å². The van der Waals surface area contributed by atoms with Crippen molar-refractivity contribution in [3.05, 3.63) is 12.2 Å². The summed E-state index contributed by atoms with van der Waals surface area (Å²) in [5.41, 5.74) is -0.296. The van der Waals surface area contributed by atoms with Crippen LogP contribution in [0.5, 0.6) is 0 Å². The monoisotopic (exact) mass is 294 g/mol. The minimum atomic E-state index is -1.05. The SMILES string of the molecule is C=C(C)C(O)(C1CCCCC1)C(OC=O)C1CCCCC1. The van der Waals surface area contributed by atoms with E-state index in [0.717, 1.165) is 44.1 Å². The van der Waals surface area contributed by atoms with E-state index in [1.807, 2.05) is 6.92 Å². The first-order valence-corrected chi connectivity index (χ1v) is 8.58. The summed E-state index contributed by atoms with van der Waals surface area (Å²) >= 11 is 0. The zero-order valence-electron chi connectivity index (χ0n) is 13.4. The van der Waals surface area contributed by atoms with Crippen molar-refractivity contribution in [1.82, 2.24) is 0 Å². The maximum Gasteiger partial charge on any atom is 0.293 e. The Morgan fingerprint density at radius 3 is 2.14 bits per heavy atom. The van der Waals surface area contributed by atoms with E-state index in [2.05, 4.69) is 6.58 Å². The number of hydrogen-bond acceptors (Lipinski definition) is 3. The number of aliphatic hydroxyl groups is 1. The van der Waals surface area contributed by atoms with Gasteiger partial charge in [-0.25, -0.2) is 0 Å². The van der Waals surface area contributed by atoms with Crippen molar-refractivity contribution in [2.45, 2.75) is 82.8 Å². The molecule has 2 saturated carbocycles. The molecule has 2 unspecified atom stereocenters. The number of rotatable bonds is 6. The third-order valence-corrected chi connectivity index (χ3v) is 5.63. The maximum atomic E-state index is 11.5. The van der Waals surface area contributed by atoms with Gasteiger partial charge in [0.25, 0.3) is 6.47 Å². The highest BCUT2D eigenvalue weighted by atomic mass is 16.5. The Hall–Kier alpha value is -0.830. The van der Waals surface area contributed by atoms with Gasteiger partial charge in [0, 0.05) is 0 Å². The fourth-order valence-corrected chi connectivity index (χ4v) is 4.44. The van der Waals surface area contributed by atoms with Gasteiger partial charge >= 0.3 is 0 Å². The summed E-state index contributed by atoms with van der Waals surface area (Å²) in [4.78, 5) is 11.0.